The van der Waals surface area contributed by atoms with E-state index in [0.717, 1.165) is 17.7 Å². The Labute approximate surface area is 172 Å². The number of carbonyl (C=O) groups is 1. The van der Waals surface area contributed by atoms with Gasteiger partial charge in [-0.1, -0.05) is 12.1 Å². The van der Waals surface area contributed by atoms with Crippen molar-refractivity contribution >= 4 is 21.7 Å². The Morgan fingerprint density at radius 1 is 1.07 bits per heavy atom. The number of benzene rings is 1. The summed E-state index contributed by atoms with van der Waals surface area (Å²) in [6.45, 7) is 4.37. The highest BCUT2D eigenvalue weighted by atomic mass is 32.2. The molecule has 2 heterocycles. The zero-order chi connectivity index (χ0) is 20.9. The zero-order valence-corrected chi connectivity index (χ0v) is 17.7. The highest BCUT2D eigenvalue weighted by Crippen LogP contribution is 2.16. The lowest BCUT2D eigenvalue weighted by Crippen LogP contribution is -2.48. The van der Waals surface area contributed by atoms with Gasteiger partial charge in [-0.3, -0.25) is 4.98 Å². The van der Waals surface area contributed by atoms with E-state index in [1.54, 1.807) is 31.1 Å². The van der Waals surface area contributed by atoms with Crippen LogP contribution in [0.2, 0.25) is 0 Å². The largest absolute Gasteiger partial charge is 0.324 e. The second kappa shape index (κ2) is 9.37. The monoisotopic (exact) mass is 416 g/mol. The van der Waals surface area contributed by atoms with Crippen molar-refractivity contribution in [2.24, 2.45) is 0 Å². The van der Waals surface area contributed by atoms with Crippen molar-refractivity contribution < 1.29 is 13.2 Å². The third-order valence-corrected chi connectivity index (χ3v) is 7.00. The van der Waals surface area contributed by atoms with Crippen LogP contribution in [0.15, 0.2) is 48.8 Å². The van der Waals surface area contributed by atoms with Crippen LogP contribution in [-0.2, 0) is 16.4 Å². The van der Waals surface area contributed by atoms with Crippen molar-refractivity contribution in [3.63, 3.8) is 0 Å². The number of hydrogen-bond donors (Lipinski definition) is 2. The summed E-state index contributed by atoms with van der Waals surface area (Å²) >= 11 is 0. The second-order valence-electron chi connectivity index (χ2n) is 7.63. The molecule has 0 spiro atoms. The van der Waals surface area contributed by atoms with E-state index in [4.69, 9.17) is 0 Å². The topological polar surface area (TPSA) is 91.4 Å². The number of aromatic nitrogens is 1. The number of nitrogens with zero attached hydrogens (tertiary/aromatic N) is 2. The molecule has 8 heteroatoms. The summed E-state index contributed by atoms with van der Waals surface area (Å²) in [4.78, 5) is 18.3. The predicted molar refractivity (Wildman–Crippen MR) is 114 cm³/mol. The number of urea groups is 1. The molecule has 1 aliphatic heterocycles. The third kappa shape index (κ3) is 6.01. The standard InChI is InChI=1S/C21H28N4O3S/c1-16(2)29(27,28)24-20-9-13-25(14-10-20)21(26)23-19-5-3-17(4-6-19)15-18-7-11-22-12-8-18/h3-8,11-12,16,20,24H,9-10,13-15H2,1-2H3,(H,23,26). The van der Waals surface area contributed by atoms with Gasteiger partial charge in [0, 0.05) is 37.2 Å². The molecule has 7 nitrogen and oxygen atoms in total. The van der Waals surface area contributed by atoms with Crippen molar-refractivity contribution in [1.29, 1.82) is 0 Å². The molecule has 1 saturated heterocycles. The molecule has 156 valence electrons. The van der Waals surface area contributed by atoms with Crippen molar-refractivity contribution in [2.75, 3.05) is 18.4 Å². The smallest absolute Gasteiger partial charge is 0.321 e. The number of likely N-dealkylation sites (tertiary alicyclic amines) is 1. The van der Waals surface area contributed by atoms with Gasteiger partial charge in [0.1, 0.15) is 0 Å². The first-order valence-electron chi connectivity index (χ1n) is 9.88. The number of hydrogen-bond acceptors (Lipinski definition) is 4. The van der Waals surface area contributed by atoms with Crippen LogP contribution in [-0.4, -0.2) is 48.7 Å². The van der Waals surface area contributed by atoms with Gasteiger partial charge in [0.05, 0.1) is 5.25 Å². The van der Waals surface area contributed by atoms with Crippen molar-refractivity contribution in [2.45, 2.75) is 44.4 Å². The van der Waals surface area contributed by atoms with E-state index in [0.29, 0.717) is 25.9 Å². The van der Waals surface area contributed by atoms with Crippen molar-refractivity contribution in [1.82, 2.24) is 14.6 Å². The summed E-state index contributed by atoms with van der Waals surface area (Å²) in [7, 11) is -3.28. The van der Waals surface area contributed by atoms with Gasteiger partial charge in [0.15, 0.2) is 0 Å². The predicted octanol–water partition coefficient (Wildman–Crippen LogP) is 3.00. The summed E-state index contributed by atoms with van der Waals surface area (Å²) < 4.78 is 26.7. The van der Waals surface area contributed by atoms with Crippen LogP contribution in [0, 0.1) is 0 Å². The number of sulfonamides is 1. The molecule has 1 aliphatic rings. The lowest BCUT2D eigenvalue weighted by Gasteiger charge is -2.32. The van der Waals surface area contributed by atoms with Crippen LogP contribution < -0.4 is 10.0 Å². The van der Waals surface area contributed by atoms with Crippen LogP contribution in [0.4, 0.5) is 10.5 Å². The summed E-state index contributed by atoms with van der Waals surface area (Å²) in [5, 5.41) is 2.47. The van der Waals surface area contributed by atoms with E-state index in [9.17, 15) is 13.2 Å². The van der Waals surface area contributed by atoms with Gasteiger partial charge in [-0.05, 0) is 68.5 Å². The van der Waals surface area contributed by atoms with Crippen LogP contribution in [0.25, 0.3) is 0 Å². The third-order valence-electron chi connectivity index (χ3n) is 5.10. The average molecular weight is 417 g/mol. The van der Waals surface area contributed by atoms with Crippen molar-refractivity contribution in [3.05, 3.63) is 59.9 Å². The molecule has 0 bridgehead atoms. The first kappa shape index (κ1) is 21.3. The fourth-order valence-corrected chi connectivity index (χ4v) is 4.19. The first-order valence-corrected chi connectivity index (χ1v) is 11.4. The Bertz CT molecular complexity index is 907. The number of rotatable bonds is 6. The fourth-order valence-electron chi connectivity index (χ4n) is 3.21. The Morgan fingerprint density at radius 2 is 1.66 bits per heavy atom. The van der Waals surface area contributed by atoms with E-state index >= 15 is 0 Å². The van der Waals surface area contributed by atoms with Crippen LogP contribution >= 0.6 is 0 Å². The maximum Gasteiger partial charge on any atom is 0.321 e. The van der Waals surface area contributed by atoms with Gasteiger partial charge in [0.25, 0.3) is 0 Å². The minimum Gasteiger partial charge on any atom is -0.324 e. The molecule has 1 aromatic carbocycles. The zero-order valence-electron chi connectivity index (χ0n) is 16.8. The SMILES string of the molecule is CC(C)S(=O)(=O)NC1CCN(C(=O)Nc2ccc(Cc3ccncc3)cc2)CC1. The number of carbonyl (C=O) groups excluding carboxylic acids is 1. The van der Waals surface area contributed by atoms with Crippen molar-refractivity contribution in [3.8, 4) is 0 Å². The lowest BCUT2D eigenvalue weighted by molar-refractivity contribution is 0.193. The van der Waals surface area contributed by atoms with Gasteiger partial charge >= 0.3 is 6.03 Å². The van der Waals surface area contributed by atoms with Crippen LogP contribution in [0.1, 0.15) is 37.8 Å². The highest BCUT2D eigenvalue weighted by Gasteiger charge is 2.27. The molecule has 0 atom stereocenters. The van der Waals surface area contributed by atoms with E-state index in [2.05, 4.69) is 15.0 Å². The highest BCUT2D eigenvalue weighted by molar-refractivity contribution is 7.90. The summed E-state index contributed by atoms with van der Waals surface area (Å²) in [5.41, 5.74) is 3.09. The van der Waals surface area contributed by atoms with Gasteiger partial charge in [0.2, 0.25) is 10.0 Å². The molecule has 3 rings (SSSR count). The van der Waals surface area contributed by atoms with Gasteiger partial charge in [-0.15, -0.1) is 0 Å². The number of piperidine rings is 1. The summed E-state index contributed by atoms with van der Waals surface area (Å²) in [6.07, 6.45) is 5.60. The molecular formula is C21H28N4O3S. The molecule has 2 aromatic rings. The second-order valence-corrected chi connectivity index (χ2v) is 9.90. The van der Waals surface area contributed by atoms with Crippen LogP contribution in [0.3, 0.4) is 0 Å². The number of anilines is 1. The maximum atomic E-state index is 12.5. The van der Waals surface area contributed by atoms with Gasteiger partial charge in [-0.25, -0.2) is 17.9 Å². The molecule has 1 aromatic heterocycles. The molecule has 29 heavy (non-hydrogen) atoms. The number of amides is 2. The van der Waals surface area contributed by atoms with Gasteiger partial charge < -0.3 is 10.2 Å². The minimum atomic E-state index is -3.28. The van der Waals surface area contributed by atoms with E-state index < -0.39 is 15.3 Å². The summed E-state index contributed by atoms with van der Waals surface area (Å²) in [6, 6.07) is 11.5. The fraction of sp³-hybridized carbons (Fsp3) is 0.429. The molecule has 2 amide bonds. The molecule has 0 saturated carbocycles. The van der Waals surface area contributed by atoms with Crippen LogP contribution in [0.5, 0.6) is 0 Å². The molecule has 2 N–H and O–H groups in total. The average Bonchev–Trinajstić information content (AvgIpc) is 2.70. The summed E-state index contributed by atoms with van der Waals surface area (Å²) in [5.74, 6) is 0. The van der Waals surface area contributed by atoms with E-state index in [1.807, 2.05) is 36.4 Å². The number of nitrogens with one attached hydrogen (secondary N) is 2. The van der Waals surface area contributed by atoms with E-state index in [1.165, 1.54) is 5.56 Å². The Hall–Kier alpha value is -2.45. The quantitative estimate of drug-likeness (QED) is 0.757. The normalized spacial score (nSPS) is 15.5. The molecule has 1 fully saturated rings. The molecule has 0 unspecified atom stereocenters. The molecule has 0 radical (unpaired) electrons. The molecule has 0 aliphatic carbocycles. The Balaban J connectivity index is 1.48. The Kier molecular flexibility index (Phi) is 6.87. The minimum absolute atomic E-state index is 0.112. The first-order chi connectivity index (χ1) is 13.8. The van der Waals surface area contributed by atoms with Gasteiger partial charge in [-0.2, -0.15) is 0 Å². The number of pyridine rings is 1. The van der Waals surface area contributed by atoms with E-state index in [-0.39, 0.29) is 12.1 Å². The molecular weight excluding hydrogens is 388 g/mol. The Morgan fingerprint density at radius 3 is 2.24 bits per heavy atom. The maximum absolute atomic E-state index is 12.5. The lowest BCUT2D eigenvalue weighted by atomic mass is 10.1.